The second kappa shape index (κ2) is 6.18. The fourth-order valence-corrected chi connectivity index (χ4v) is 1.33. The molecule has 2 N–H and O–H groups in total. The van der Waals surface area contributed by atoms with Gasteiger partial charge in [0.25, 0.3) is 0 Å². The zero-order valence-corrected chi connectivity index (χ0v) is 10.8. The van der Waals surface area contributed by atoms with Gasteiger partial charge in [0.15, 0.2) is 0 Å². The third-order valence-corrected chi connectivity index (χ3v) is 2.72. The number of ether oxygens (including phenoxy) is 2. The Kier molecular flexibility index (Phi) is 5.13. The van der Waals surface area contributed by atoms with Crippen molar-refractivity contribution in [2.45, 2.75) is 25.9 Å². The molecule has 1 aromatic carbocycles. The normalized spacial score (nSPS) is 11.4. The SMILES string of the molecule is COC(C)(C)CCOc1cc(F)cc(B(O)O)c1. The van der Waals surface area contributed by atoms with Crippen molar-refractivity contribution >= 4 is 12.6 Å². The van der Waals surface area contributed by atoms with Crippen molar-refractivity contribution in [3.05, 3.63) is 24.0 Å². The number of rotatable bonds is 6. The molecule has 0 amide bonds. The Hall–Kier alpha value is -1.11. The van der Waals surface area contributed by atoms with Gasteiger partial charge in [-0.3, -0.25) is 0 Å². The van der Waals surface area contributed by atoms with Gasteiger partial charge in [0.05, 0.1) is 12.2 Å². The summed E-state index contributed by atoms with van der Waals surface area (Å²) in [7, 11) is -0.0963. The summed E-state index contributed by atoms with van der Waals surface area (Å²) in [4.78, 5) is 0. The minimum atomic E-state index is -1.71. The van der Waals surface area contributed by atoms with E-state index in [4.69, 9.17) is 19.5 Å². The van der Waals surface area contributed by atoms with Crippen LogP contribution in [0.5, 0.6) is 5.75 Å². The average molecular weight is 256 g/mol. The summed E-state index contributed by atoms with van der Waals surface area (Å²) in [6, 6.07) is 3.65. The fraction of sp³-hybridized carbons (Fsp3) is 0.500. The molecule has 18 heavy (non-hydrogen) atoms. The maximum Gasteiger partial charge on any atom is 0.488 e. The van der Waals surface area contributed by atoms with E-state index in [-0.39, 0.29) is 16.8 Å². The third-order valence-electron chi connectivity index (χ3n) is 2.72. The van der Waals surface area contributed by atoms with E-state index < -0.39 is 12.9 Å². The molecule has 0 radical (unpaired) electrons. The maximum absolute atomic E-state index is 13.2. The van der Waals surface area contributed by atoms with Gasteiger partial charge < -0.3 is 19.5 Å². The molecule has 6 heteroatoms. The summed E-state index contributed by atoms with van der Waals surface area (Å²) in [5, 5.41) is 18.0. The van der Waals surface area contributed by atoms with E-state index in [0.29, 0.717) is 13.0 Å². The summed E-state index contributed by atoms with van der Waals surface area (Å²) in [6.07, 6.45) is 0.636. The summed E-state index contributed by atoms with van der Waals surface area (Å²) in [6.45, 7) is 4.20. The van der Waals surface area contributed by atoms with Crippen LogP contribution < -0.4 is 10.2 Å². The van der Waals surface area contributed by atoms with Crippen molar-refractivity contribution in [1.82, 2.24) is 0 Å². The number of benzene rings is 1. The lowest BCUT2D eigenvalue weighted by Gasteiger charge is -2.22. The summed E-state index contributed by atoms with van der Waals surface area (Å²) < 4.78 is 23.8. The first-order chi connectivity index (χ1) is 8.34. The van der Waals surface area contributed by atoms with E-state index in [1.165, 1.54) is 12.1 Å². The van der Waals surface area contributed by atoms with Gasteiger partial charge in [0.2, 0.25) is 0 Å². The molecule has 100 valence electrons. The molecule has 0 aliphatic carbocycles. The van der Waals surface area contributed by atoms with E-state index in [9.17, 15) is 4.39 Å². The minimum Gasteiger partial charge on any atom is -0.493 e. The second-order valence-corrected chi connectivity index (χ2v) is 4.66. The van der Waals surface area contributed by atoms with Gasteiger partial charge in [-0.05, 0) is 31.4 Å². The molecule has 0 saturated heterocycles. The first-order valence-electron chi connectivity index (χ1n) is 5.68. The van der Waals surface area contributed by atoms with E-state index in [1.54, 1.807) is 7.11 Å². The number of halogens is 1. The molecular formula is C12H18BFO4. The van der Waals surface area contributed by atoms with Crippen LogP contribution >= 0.6 is 0 Å². The van der Waals surface area contributed by atoms with Crippen LogP contribution in [0.3, 0.4) is 0 Å². The molecule has 1 aromatic rings. The summed E-state index contributed by atoms with van der Waals surface area (Å²) in [5.41, 5.74) is -0.247. The first-order valence-corrected chi connectivity index (χ1v) is 5.68. The van der Waals surface area contributed by atoms with Crippen molar-refractivity contribution in [3.8, 4) is 5.75 Å². The topological polar surface area (TPSA) is 58.9 Å². The highest BCUT2D eigenvalue weighted by Gasteiger charge is 2.17. The highest BCUT2D eigenvalue weighted by Crippen LogP contribution is 2.16. The molecule has 0 aliphatic rings. The molecule has 0 unspecified atom stereocenters. The van der Waals surface area contributed by atoms with Gasteiger partial charge in [-0.15, -0.1) is 0 Å². The van der Waals surface area contributed by atoms with E-state index in [2.05, 4.69) is 0 Å². The van der Waals surface area contributed by atoms with Crippen LogP contribution in [0.15, 0.2) is 18.2 Å². The van der Waals surface area contributed by atoms with Crippen LogP contribution in [0, 0.1) is 5.82 Å². The Morgan fingerprint density at radius 2 is 1.94 bits per heavy atom. The summed E-state index contributed by atoms with van der Waals surface area (Å²) in [5.74, 6) is -0.299. The van der Waals surface area contributed by atoms with Crippen LogP contribution in [-0.2, 0) is 4.74 Å². The van der Waals surface area contributed by atoms with Gasteiger partial charge >= 0.3 is 7.12 Å². The predicted octanol–water partition coefficient (Wildman–Crippen LogP) is 0.699. The Morgan fingerprint density at radius 1 is 1.28 bits per heavy atom. The molecule has 0 aliphatic heterocycles. The van der Waals surface area contributed by atoms with Gasteiger partial charge in [-0.1, -0.05) is 0 Å². The monoisotopic (exact) mass is 256 g/mol. The van der Waals surface area contributed by atoms with Crippen molar-refractivity contribution < 1.29 is 23.9 Å². The molecule has 0 heterocycles. The molecule has 0 saturated carbocycles. The molecule has 4 nitrogen and oxygen atoms in total. The Balaban J connectivity index is 2.62. The van der Waals surface area contributed by atoms with Crippen LogP contribution in [0.25, 0.3) is 0 Å². The molecule has 1 rings (SSSR count). The third kappa shape index (κ3) is 4.64. The average Bonchev–Trinajstić information content (AvgIpc) is 2.28. The zero-order chi connectivity index (χ0) is 13.8. The quantitative estimate of drug-likeness (QED) is 0.735. The maximum atomic E-state index is 13.2. The molecule has 0 atom stereocenters. The van der Waals surface area contributed by atoms with Gasteiger partial charge in [0.1, 0.15) is 11.6 Å². The molecule has 0 aromatic heterocycles. The predicted molar refractivity (Wildman–Crippen MR) is 67.4 cm³/mol. The van der Waals surface area contributed by atoms with Crippen molar-refractivity contribution in [1.29, 1.82) is 0 Å². The minimum absolute atomic E-state index is 0.0657. The molecule has 0 spiro atoms. The van der Waals surface area contributed by atoms with Crippen molar-refractivity contribution in [2.24, 2.45) is 0 Å². The van der Waals surface area contributed by atoms with Crippen LogP contribution in [-0.4, -0.2) is 36.5 Å². The van der Waals surface area contributed by atoms with E-state index in [1.807, 2.05) is 13.8 Å². The number of hydrogen-bond acceptors (Lipinski definition) is 4. The van der Waals surface area contributed by atoms with Crippen LogP contribution in [0.4, 0.5) is 4.39 Å². The largest absolute Gasteiger partial charge is 0.493 e. The highest BCUT2D eigenvalue weighted by atomic mass is 19.1. The number of hydrogen-bond donors (Lipinski definition) is 2. The lowest BCUT2D eigenvalue weighted by Crippen LogP contribution is -2.30. The second-order valence-electron chi connectivity index (χ2n) is 4.66. The fourth-order valence-electron chi connectivity index (χ4n) is 1.33. The lowest BCUT2D eigenvalue weighted by atomic mass is 9.80. The van der Waals surface area contributed by atoms with Gasteiger partial charge in [-0.2, -0.15) is 0 Å². The van der Waals surface area contributed by atoms with E-state index >= 15 is 0 Å². The van der Waals surface area contributed by atoms with Crippen molar-refractivity contribution in [3.63, 3.8) is 0 Å². The van der Waals surface area contributed by atoms with Crippen LogP contribution in [0.1, 0.15) is 20.3 Å². The molecular weight excluding hydrogens is 238 g/mol. The Bertz CT molecular complexity index is 396. The molecule has 0 fully saturated rings. The van der Waals surface area contributed by atoms with Crippen LogP contribution in [0.2, 0.25) is 0 Å². The number of methoxy groups -OCH3 is 1. The van der Waals surface area contributed by atoms with Crippen molar-refractivity contribution in [2.75, 3.05) is 13.7 Å². The smallest absolute Gasteiger partial charge is 0.488 e. The first kappa shape index (κ1) is 15.0. The van der Waals surface area contributed by atoms with Gasteiger partial charge in [0, 0.05) is 19.6 Å². The zero-order valence-electron chi connectivity index (χ0n) is 10.8. The lowest BCUT2D eigenvalue weighted by molar-refractivity contribution is 0.00544. The van der Waals surface area contributed by atoms with Gasteiger partial charge in [-0.25, -0.2) is 4.39 Å². The standard InChI is InChI=1S/C12H18BFO4/c1-12(2,17-3)4-5-18-11-7-9(13(15)16)6-10(14)8-11/h6-8,15-16H,4-5H2,1-3H3. The Morgan fingerprint density at radius 3 is 2.50 bits per heavy atom. The highest BCUT2D eigenvalue weighted by molar-refractivity contribution is 6.58. The van der Waals surface area contributed by atoms with E-state index in [0.717, 1.165) is 6.07 Å². The summed E-state index contributed by atoms with van der Waals surface area (Å²) >= 11 is 0. The molecule has 0 bridgehead atoms. The Labute approximate surface area is 106 Å².